The van der Waals surface area contributed by atoms with E-state index >= 15 is 0 Å². The Hall–Kier alpha value is -2.43. The minimum absolute atomic E-state index is 0.122. The summed E-state index contributed by atoms with van der Waals surface area (Å²) in [5.41, 5.74) is 0.786. The van der Waals surface area contributed by atoms with Crippen LogP contribution in [0.5, 0.6) is 0 Å². The van der Waals surface area contributed by atoms with Gasteiger partial charge in [-0.05, 0) is 23.8 Å². The van der Waals surface area contributed by atoms with Crippen molar-refractivity contribution in [3.8, 4) is 0 Å². The van der Waals surface area contributed by atoms with Gasteiger partial charge < -0.3 is 15.0 Å². The maximum atomic E-state index is 12.0. The Kier molecular flexibility index (Phi) is 6.43. The maximum Gasteiger partial charge on any atom is 0.244 e. The van der Waals surface area contributed by atoms with E-state index in [9.17, 15) is 4.79 Å². The third-order valence-electron chi connectivity index (χ3n) is 4.51. The van der Waals surface area contributed by atoms with E-state index in [1.54, 1.807) is 17.4 Å². The molecule has 3 aromatic rings. The second-order valence-corrected chi connectivity index (χ2v) is 8.13. The van der Waals surface area contributed by atoms with E-state index in [1.807, 2.05) is 40.7 Å². The fourth-order valence-corrected chi connectivity index (χ4v) is 4.05. The summed E-state index contributed by atoms with van der Waals surface area (Å²) in [6.07, 6.45) is 7.14. The van der Waals surface area contributed by atoms with E-state index < -0.39 is 0 Å². The van der Waals surface area contributed by atoms with Gasteiger partial charge in [-0.3, -0.25) is 4.79 Å². The second-order valence-electron chi connectivity index (χ2n) is 6.38. The Bertz CT molecular complexity index is 996. The van der Waals surface area contributed by atoms with Crippen LogP contribution >= 0.6 is 23.1 Å². The zero-order valence-corrected chi connectivity index (χ0v) is 17.7. The van der Waals surface area contributed by atoms with Crippen molar-refractivity contribution in [3.63, 3.8) is 0 Å². The summed E-state index contributed by atoms with van der Waals surface area (Å²) in [6.45, 7) is 4.00. The Labute approximate surface area is 177 Å². The number of hydrogen-bond acceptors (Lipinski definition) is 8. The van der Waals surface area contributed by atoms with Gasteiger partial charge in [-0.15, -0.1) is 11.3 Å². The van der Waals surface area contributed by atoms with Crippen molar-refractivity contribution in [1.29, 1.82) is 0 Å². The van der Waals surface area contributed by atoms with Crippen molar-refractivity contribution in [2.24, 2.45) is 0 Å². The first-order valence-corrected chi connectivity index (χ1v) is 11.4. The average molecular weight is 431 g/mol. The Morgan fingerprint density at radius 3 is 3.00 bits per heavy atom. The van der Waals surface area contributed by atoms with Gasteiger partial charge in [0.2, 0.25) is 5.91 Å². The third-order valence-corrected chi connectivity index (χ3v) is 5.90. The zero-order valence-electron chi connectivity index (χ0n) is 16.1. The first-order chi connectivity index (χ1) is 14.2. The van der Waals surface area contributed by atoms with Crippen molar-refractivity contribution >= 4 is 51.9 Å². The summed E-state index contributed by atoms with van der Waals surface area (Å²) in [7, 11) is 0. The van der Waals surface area contributed by atoms with Crippen molar-refractivity contribution < 1.29 is 9.53 Å². The molecule has 0 aromatic carbocycles. The van der Waals surface area contributed by atoms with Crippen LogP contribution in [0.4, 0.5) is 5.82 Å². The summed E-state index contributed by atoms with van der Waals surface area (Å²) < 4.78 is 7.28. The number of nitrogens with one attached hydrogen (secondary N) is 1. The molecular weight excluding hydrogens is 408 g/mol. The van der Waals surface area contributed by atoms with Gasteiger partial charge in [-0.25, -0.2) is 14.6 Å². The van der Waals surface area contributed by atoms with Crippen molar-refractivity contribution in [3.05, 3.63) is 34.7 Å². The highest BCUT2D eigenvalue weighted by Crippen LogP contribution is 2.27. The van der Waals surface area contributed by atoms with Crippen LogP contribution in [-0.2, 0) is 16.1 Å². The normalized spacial score (nSPS) is 14.7. The molecule has 0 saturated carbocycles. The number of carbonyl (C=O) groups excluding carboxylic acids is 1. The largest absolute Gasteiger partial charge is 0.378 e. The van der Waals surface area contributed by atoms with E-state index in [0.29, 0.717) is 31.5 Å². The number of hydrogen-bond donors (Lipinski definition) is 1. The highest BCUT2D eigenvalue weighted by molar-refractivity contribution is 7.98. The van der Waals surface area contributed by atoms with Crippen molar-refractivity contribution in [2.75, 3.05) is 44.0 Å². The van der Waals surface area contributed by atoms with Gasteiger partial charge in [0.15, 0.2) is 10.8 Å². The van der Waals surface area contributed by atoms with Crippen molar-refractivity contribution in [2.45, 2.75) is 11.7 Å². The molecule has 0 unspecified atom stereocenters. The summed E-state index contributed by atoms with van der Waals surface area (Å²) in [5, 5.41) is 11.0. The summed E-state index contributed by atoms with van der Waals surface area (Å²) in [5.74, 6) is 0.778. The van der Waals surface area contributed by atoms with E-state index in [0.717, 1.165) is 34.8 Å². The standard InChI is InChI=1S/C19H22N6O2S2/c1-28-19-22-17(24-8-10-27-11-9-24)15-13-21-25(18(15)23-19)7-6-20-16(26)5-4-14-3-2-12-29-14/h2-5,12-13H,6-11H2,1H3,(H,20,26)/b5-4+. The minimum Gasteiger partial charge on any atom is -0.378 e. The third kappa shape index (κ3) is 4.77. The maximum absolute atomic E-state index is 12.0. The van der Waals surface area contributed by atoms with Crippen molar-refractivity contribution in [1.82, 2.24) is 25.1 Å². The number of amides is 1. The molecule has 1 fully saturated rings. The number of aromatic nitrogens is 4. The Morgan fingerprint density at radius 2 is 2.24 bits per heavy atom. The molecule has 0 atom stereocenters. The molecule has 8 nitrogen and oxygen atoms in total. The Morgan fingerprint density at radius 1 is 1.38 bits per heavy atom. The predicted molar refractivity (Wildman–Crippen MR) is 116 cm³/mol. The first kappa shape index (κ1) is 19.9. The van der Waals surface area contributed by atoms with Gasteiger partial charge in [0.1, 0.15) is 5.82 Å². The molecule has 0 radical (unpaired) electrons. The SMILES string of the molecule is CSc1nc(N2CCOCC2)c2cnn(CCNC(=O)/C=C/c3cccs3)c2n1. The molecular formula is C19H22N6O2S2. The quantitative estimate of drug-likeness (QED) is 0.350. The molecule has 1 saturated heterocycles. The topological polar surface area (TPSA) is 85.2 Å². The monoisotopic (exact) mass is 430 g/mol. The minimum atomic E-state index is -0.122. The van der Waals surface area contributed by atoms with Gasteiger partial charge in [0, 0.05) is 30.6 Å². The van der Waals surface area contributed by atoms with Crippen LogP contribution in [0.15, 0.2) is 34.9 Å². The highest BCUT2D eigenvalue weighted by Gasteiger charge is 2.19. The van der Waals surface area contributed by atoms with Crippen LogP contribution in [-0.4, -0.2) is 64.8 Å². The molecule has 1 N–H and O–H groups in total. The van der Waals surface area contributed by atoms with Gasteiger partial charge in [0.05, 0.1) is 31.3 Å². The van der Waals surface area contributed by atoms with Crippen LogP contribution in [0.1, 0.15) is 4.88 Å². The number of carbonyl (C=O) groups is 1. The van der Waals surface area contributed by atoms with Crippen LogP contribution < -0.4 is 10.2 Å². The van der Waals surface area contributed by atoms with E-state index in [2.05, 4.69) is 20.3 Å². The lowest BCUT2D eigenvalue weighted by molar-refractivity contribution is -0.116. The number of nitrogens with zero attached hydrogens (tertiary/aromatic N) is 5. The summed E-state index contributed by atoms with van der Waals surface area (Å²) in [6, 6.07) is 3.93. The van der Waals surface area contributed by atoms with E-state index in [-0.39, 0.29) is 5.91 Å². The van der Waals surface area contributed by atoms with Gasteiger partial charge in [-0.1, -0.05) is 17.8 Å². The average Bonchev–Trinajstić information content (AvgIpc) is 3.42. The molecule has 0 bridgehead atoms. The smallest absolute Gasteiger partial charge is 0.244 e. The molecule has 0 aliphatic carbocycles. The molecule has 4 rings (SSSR count). The number of rotatable bonds is 7. The highest BCUT2D eigenvalue weighted by atomic mass is 32.2. The zero-order chi connectivity index (χ0) is 20.1. The van der Waals surface area contributed by atoms with Gasteiger partial charge in [0.25, 0.3) is 0 Å². The number of morpholine rings is 1. The molecule has 3 aromatic heterocycles. The number of anilines is 1. The lowest BCUT2D eigenvalue weighted by atomic mass is 10.3. The summed E-state index contributed by atoms with van der Waals surface area (Å²) in [4.78, 5) is 24.6. The lowest BCUT2D eigenvalue weighted by Gasteiger charge is -2.28. The van der Waals surface area contributed by atoms with Gasteiger partial charge >= 0.3 is 0 Å². The molecule has 0 spiro atoms. The number of thiophene rings is 1. The first-order valence-electron chi connectivity index (χ1n) is 9.34. The summed E-state index contributed by atoms with van der Waals surface area (Å²) >= 11 is 3.10. The molecule has 1 aliphatic rings. The van der Waals surface area contributed by atoms with Crippen LogP contribution in [0.25, 0.3) is 17.1 Å². The van der Waals surface area contributed by atoms with E-state index in [4.69, 9.17) is 9.72 Å². The number of fused-ring (bicyclic) bond motifs is 1. The fourth-order valence-electron chi connectivity index (χ4n) is 3.08. The Balaban J connectivity index is 1.45. The number of ether oxygens (including phenoxy) is 1. The van der Waals surface area contributed by atoms with Crippen LogP contribution in [0, 0.1) is 0 Å². The van der Waals surface area contributed by atoms with Crippen LogP contribution in [0.3, 0.4) is 0 Å². The van der Waals surface area contributed by atoms with E-state index in [1.165, 1.54) is 11.8 Å². The molecule has 1 amide bonds. The van der Waals surface area contributed by atoms with Crippen LogP contribution in [0.2, 0.25) is 0 Å². The molecule has 29 heavy (non-hydrogen) atoms. The molecule has 10 heteroatoms. The predicted octanol–water partition coefficient (Wildman–Crippen LogP) is 2.28. The fraction of sp³-hybridized carbons (Fsp3) is 0.368. The number of thioether (sulfide) groups is 1. The van der Waals surface area contributed by atoms with Gasteiger partial charge in [-0.2, -0.15) is 5.10 Å². The molecule has 1 aliphatic heterocycles. The lowest BCUT2D eigenvalue weighted by Crippen LogP contribution is -2.37. The second kappa shape index (κ2) is 9.38. The molecule has 152 valence electrons. The molecule has 4 heterocycles.